The van der Waals surface area contributed by atoms with Crippen LogP contribution in [0.3, 0.4) is 0 Å². The molecule has 2 aromatic carbocycles. The van der Waals surface area contributed by atoms with Crippen LogP contribution in [0.15, 0.2) is 77.1 Å². The number of likely N-dealkylation sites (N-methyl/N-ethyl adjacent to an activating group) is 1. The van der Waals surface area contributed by atoms with E-state index >= 15 is 0 Å². The molecule has 0 amide bonds. The first-order chi connectivity index (χ1) is 16.6. The molecular weight excluding hydrogens is 450 g/mol. The molecule has 0 radical (unpaired) electrons. The number of ether oxygens (including phenoxy) is 1. The molecule has 2 aromatic rings. The second-order valence-corrected chi connectivity index (χ2v) is 8.69. The van der Waals surface area contributed by atoms with E-state index in [9.17, 15) is 24.8 Å². The zero-order chi connectivity index (χ0) is 25.7. The fourth-order valence-electron chi connectivity index (χ4n) is 4.38. The number of carbonyl (C=O) groups is 2. The standard InChI is InChI=1S/C26H29N3O6/c1-16(14-28(4)15-19-9-6-5-7-10-19)35-26(32)23-18(3)27-17(2)22(25(30)31)24(23)20-11-8-12-21(13-20)29(33)34/h5-13,16,24,27H,14-15H2,1-4H3,(H,30,31). The van der Waals surface area contributed by atoms with E-state index < -0.39 is 28.9 Å². The summed E-state index contributed by atoms with van der Waals surface area (Å²) in [4.78, 5) is 38.3. The molecule has 0 aliphatic carbocycles. The van der Waals surface area contributed by atoms with Crippen molar-refractivity contribution < 1.29 is 24.4 Å². The van der Waals surface area contributed by atoms with Gasteiger partial charge in [-0.15, -0.1) is 0 Å². The van der Waals surface area contributed by atoms with Gasteiger partial charge in [-0.25, -0.2) is 9.59 Å². The minimum absolute atomic E-state index is 0.0584. The quantitative estimate of drug-likeness (QED) is 0.315. The van der Waals surface area contributed by atoms with Crippen molar-refractivity contribution in [1.29, 1.82) is 0 Å². The Kier molecular flexibility index (Phi) is 8.03. The molecule has 2 N–H and O–H groups in total. The summed E-state index contributed by atoms with van der Waals surface area (Å²) in [5, 5.41) is 24.2. The Morgan fingerprint density at radius 2 is 1.77 bits per heavy atom. The SMILES string of the molecule is CC1=C(C(=O)O)C(c2cccc([N+](=O)[O-])c2)C(C(=O)OC(C)CN(C)Cc2ccccc2)=C(C)N1. The van der Waals surface area contributed by atoms with Gasteiger partial charge in [-0.1, -0.05) is 42.5 Å². The van der Waals surface area contributed by atoms with Gasteiger partial charge in [0.15, 0.2) is 0 Å². The lowest BCUT2D eigenvalue weighted by Gasteiger charge is -2.30. The van der Waals surface area contributed by atoms with Crippen LogP contribution in [0, 0.1) is 10.1 Å². The fourth-order valence-corrected chi connectivity index (χ4v) is 4.38. The summed E-state index contributed by atoms with van der Waals surface area (Å²) in [6.07, 6.45) is -0.484. The lowest BCUT2D eigenvalue weighted by atomic mass is 9.80. The van der Waals surface area contributed by atoms with Crippen LogP contribution in [0.2, 0.25) is 0 Å². The topological polar surface area (TPSA) is 122 Å². The maximum absolute atomic E-state index is 13.3. The van der Waals surface area contributed by atoms with Crippen LogP contribution in [0.4, 0.5) is 5.69 Å². The zero-order valence-electron chi connectivity index (χ0n) is 20.1. The number of dihydropyridines is 1. The number of carboxylic acid groups (broad SMARTS) is 1. The van der Waals surface area contributed by atoms with Crippen molar-refractivity contribution in [3.63, 3.8) is 0 Å². The molecule has 35 heavy (non-hydrogen) atoms. The molecule has 3 rings (SSSR count). The number of nitrogens with one attached hydrogen (secondary N) is 1. The van der Waals surface area contributed by atoms with Gasteiger partial charge >= 0.3 is 11.9 Å². The Hall–Kier alpha value is -3.98. The molecule has 9 heteroatoms. The average molecular weight is 480 g/mol. The number of nitro groups is 1. The van der Waals surface area contributed by atoms with Gasteiger partial charge in [0.1, 0.15) is 6.10 Å². The first-order valence-corrected chi connectivity index (χ1v) is 11.2. The van der Waals surface area contributed by atoms with Gasteiger partial charge in [0, 0.05) is 36.6 Å². The highest BCUT2D eigenvalue weighted by Crippen LogP contribution is 2.39. The van der Waals surface area contributed by atoms with E-state index in [1.165, 1.54) is 18.2 Å². The van der Waals surface area contributed by atoms with Crippen molar-refractivity contribution in [3.8, 4) is 0 Å². The molecule has 184 valence electrons. The average Bonchev–Trinajstić information content (AvgIpc) is 2.78. The number of nitrogens with zero attached hydrogens (tertiary/aromatic N) is 2. The molecule has 1 aliphatic rings. The van der Waals surface area contributed by atoms with E-state index in [-0.39, 0.29) is 16.8 Å². The molecule has 9 nitrogen and oxygen atoms in total. The number of benzene rings is 2. The second-order valence-electron chi connectivity index (χ2n) is 8.69. The van der Waals surface area contributed by atoms with Gasteiger partial charge in [-0.2, -0.15) is 0 Å². The van der Waals surface area contributed by atoms with Crippen LogP contribution in [0.1, 0.15) is 37.8 Å². The first kappa shape index (κ1) is 25.6. The van der Waals surface area contributed by atoms with Crippen molar-refractivity contribution in [2.75, 3.05) is 13.6 Å². The highest BCUT2D eigenvalue weighted by Gasteiger charge is 2.38. The molecule has 2 atom stereocenters. The third kappa shape index (κ3) is 6.13. The minimum atomic E-state index is -1.22. The molecular formula is C26H29N3O6. The first-order valence-electron chi connectivity index (χ1n) is 11.2. The molecule has 0 bridgehead atoms. The molecule has 2 unspecified atom stereocenters. The third-order valence-corrected chi connectivity index (χ3v) is 5.80. The van der Waals surface area contributed by atoms with Crippen molar-refractivity contribution in [2.24, 2.45) is 0 Å². The van der Waals surface area contributed by atoms with Gasteiger partial charge in [-0.3, -0.25) is 15.0 Å². The Balaban J connectivity index is 1.86. The zero-order valence-corrected chi connectivity index (χ0v) is 20.1. The smallest absolute Gasteiger partial charge is 0.337 e. The van der Waals surface area contributed by atoms with Crippen molar-refractivity contribution in [3.05, 3.63) is 98.4 Å². The molecule has 0 fully saturated rings. The summed E-state index contributed by atoms with van der Waals surface area (Å²) in [6.45, 7) is 6.17. The maximum atomic E-state index is 13.3. The van der Waals surface area contributed by atoms with Gasteiger partial charge < -0.3 is 15.2 Å². The molecule has 0 saturated heterocycles. The predicted molar refractivity (Wildman–Crippen MR) is 130 cm³/mol. The van der Waals surface area contributed by atoms with E-state index in [1.807, 2.05) is 42.3 Å². The number of rotatable bonds is 9. The molecule has 0 spiro atoms. The van der Waals surface area contributed by atoms with E-state index in [1.54, 1.807) is 26.8 Å². The number of allylic oxidation sites excluding steroid dienone is 2. The van der Waals surface area contributed by atoms with E-state index in [4.69, 9.17) is 4.74 Å². The minimum Gasteiger partial charge on any atom is -0.478 e. The molecule has 1 heterocycles. The van der Waals surface area contributed by atoms with Gasteiger partial charge in [0.2, 0.25) is 0 Å². The van der Waals surface area contributed by atoms with Crippen LogP contribution in [0.25, 0.3) is 0 Å². The van der Waals surface area contributed by atoms with E-state index in [0.717, 1.165) is 5.56 Å². The van der Waals surface area contributed by atoms with Gasteiger partial charge in [0.05, 0.1) is 22.0 Å². The highest BCUT2D eigenvalue weighted by molar-refractivity contribution is 5.99. The Labute approximate surface area is 203 Å². The van der Waals surface area contributed by atoms with E-state index in [2.05, 4.69) is 5.32 Å². The van der Waals surface area contributed by atoms with E-state index in [0.29, 0.717) is 30.0 Å². The lowest BCUT2D eigenvalue weighted by molar-refractivity contribution is -0.384. The summed E-state index contributed by atoms with van der Waals surface area (Å²) < 4.78 is 5.73. The Bertz CT molecular complexity index is 1190. The summed E-state index contributed by atoms with van der Waals surface area (Å²) in [6, 6.07) is 15.6. The van der Waals surface area contributed by atoms with Gasteiger partial charge in [0.25, 0.3) is 5.69 Å². The normalized spacial score (nSPS) is 16.7. The molecule has 1 aliphatic heterocycles. The van der Waals surface area contributed by atoms with Crippen molar-refractivity contribution >= 4 is 17.6 Å². The van der Waals surface area contributed by atoms with Crippen LogP contribution >= 0.6 is 0 Å². The lowest BCUT2D eigenvalue weighted by Crippen LogP contribution is -2.35. The van der Waals surface area contributed by atoms with Crippen LogP contribution in [-0.2, 0) is 20.9 Å². The predicted octanol–water partition coefficient (Wildman–Crippen LogP) is 3.98. The number of nitro benzene ring substituents is 1. The number of non-ortho nitro benzene ring substituents is 1. The number of esters is 1. The second kappa shape index (κ2) is 11.0. The third-order valence-electron chi connectivity index (χ3n) is 5.80. The molecule has 0 saturated carbocycles. The molecule has 0 aromatic heterocycles. The number of hydrogen-bond donors (Lipinski definition) is 2. The van der Waals surface area contributed by atoms with Crippen LogP contribution in [0.5, 0.6) is 0 Å². The largest absolute Gasteiger partial charge is 0.478 e. The highest BCUT2D eigenvalue weighted by atomic mass is 16.6. The van der Waals surface area contributed by atoms with Crippen molar-refractivity contribution in [1.82, 2.24) is 10.2 Å². The fraction of sp³-hybridized carbons (Fsp3) is 0.308. The summed E-state index contributed by atoms with van der Waals surface area (Å²) in [7, 11) is 1.92. The Morgan fingerprint density at radius 1 is 1.11 bits per heavy atom. The summed E-state index contributed by atoms with van der Waals surface area (Å²) >= 11 is 0. The van der Waals surface area contributed by atoms with Gasteiger partial charge in [-0.05, 0) is 38.9 Å². The monoisotopic (exact) mass is 479 g/mol. The summed E-state index contributed by atoms with van der Waals surface area (Å²) in [5.41, 5.74) is 2.13. The van der Waals surface area contributed by atoms with Crippen LogP contribution < -0.4 is 5.32 Å². The number of aliphatic carboxylic acids is 1. The Morgan fingerprint density at radius 3 is 2.40 bits per heavy atom. The number of carbonyl (C=O) groups excluding carboxylic acids is 1. The number of carboxylic acids is 1. The van der Waals surface area contributed by atoms with Crippen molar-refractivity contribution in [2.45, 2.75) is 39.3 Å². The summed E-state index contributed by atoms with van der Waals surface area (Å²) in [5.74, 6) is -2.91. The maximum Gasteiger partial charge on any atom is 0.337 e. The van der Waals surface area contributed by atoms with Crippen LogP contribution in [-0.4, -0.2) is 46.6 Å². The number of hydrogen-bond acceptors (Lipinski definition) is 7.